The highest BCUT2D eigenvalue weighted by Crippen LogP contribution is 2.38. The first-order chi connectivity index (χ1) is 20.7. The number of nitrogens with zero attached hydrogens (tertiary/aromatic N) is 2. The van der Waals surface area contributed by atoms with Gasteiger partial charge in [0.05, 0.1) is 12.7 Å². The number of piperazine rings is 1. The number of benzene rings is 2. The van der Waals surface area contributed by atoms with Gasteiger partial charge in [0, 0.05) is 37.6 Å². The van der Waals surface area contributed by atoms with E-state index in [1.54, 1.807) is 7.11 Å². The maximum Gasteiger partial charge on any atom is 0.246 e. The van der Waals surface area contributed by atoms with Crippen LogP contribution in [0, 0.1) is 0 Å². The Hall–Kier alpha value is -2.52. The van der Waals surface area contributed by atoms with E-state index in [-0.39, 0.29) is 24.2 Å². The number of likely N-dealkylation sites (tertiary alicyclic amines) is 1. The van der Waals surface area contributed by atoms with E-state index >= 15 is 0 Å². The van der Waals surface area contributed by atoms with Crippen LogP contribution < -0.4 is 14.8 Å². The van der Waals surface area contributed by atoms with Gasteiger partial charge in [-0.15, -0.1) is 12.4 Å². The quantitative estimate of drug-likeness (QED) is 0.316. The van der Waals surface area contributed by atoms with Crippen molar-refractivity contribution in [1.82, 2.24) is 15.1 Å². The van der Waals surface area contributed by atoms with E-state index in [1.807, 2.05) is 41.3 Å². The number of carbonyl (C=O) groups is 2. The fraction of sp³-hybridized carbons (Fsp3) is 0.588. The van der Waals surface area contributed by atoms with Crippen molar-refractivity contribution in [3.05, 3.63) is 58.6 Å². The molecule has 0 unspecified atom stereocenters. The van der Waals surface area contributed by atoms with Gasteiger partial charge in [0.1, 0.15) is 18.2 Å². The molecule has 2 heterocycles. The first-order valence-electron chi connectivity index (χ1n) is 15.9. The molecule has 2 amide bonds. The van der Waals surface area contributed by atoms with Gasteiger partial charge in [-0.25, -0.2) is 0 Å². The number of hydrogen-bond donors (Lipinski definition) is 2. The molecule has 2 N–H and O–H groups in total. The summed E-state index contributed by atoms with van der Waals surface area (Å²) >= 11 is 5.99. The van der Waals surface area contributed by atoms with Gasteiger partial charge in [-0.1, -0.05) is 62.4 Å². The van der Waals surface area contributed by atoms with E-state index in [4.69, 9.17) is 21.1 Å². The van der Waals surface area contributed by atoms with Crippen molar-refractivity contribution in [1.29, 1.82) is 0 Å². The number of aliphatic hydroxyl groups is 1. The minimum absolute atomic E-state index is 0. The van der Waals surface area contributed by atoms with Crippen LogP contribution in [0.2, 0.25) is 5.02 Å². The molecule has 2 aromatic rings. The van der Waals surface area contributed by atoms with Gasteiger partial charge in [-0.2, -0.15) is 0 Å². The van der Waals surface area contributed by atoms with E-state index in [9.17, 15) is 14.7 Å². The lowest BCUT2D eigenvalue weighted by molar-refractivity contribution is -0.163. The summed E-state index contributed by atoms with van der Waals surface area (Å²) in [5.74, 6) is 1.26. The maximum absolute atomic E-state index is 13.9. The molecule has 1 atom stereocenters. The van der Waals surface area contributed by atoms with Crippen molar-refractivity contribution in [3.63, 3.8) is 0 Å². The largest absolute Gasteiger partial charge is 0.493 e. The molecule has 242 valence electrons. The number of piperidine rings is 1. The highest BCUT2D eigenvalue weighted by molar-refractivity contribution is 6.30. The monoisotopic (exact) mass is 647 g/mol. The summed E-state index contributed by atoms with van der Waals surface area (Å²) in [5, 5.41) is 14.9. The molecule has 2 aliphatic heterocycles. The SMILES string of the molecule is CCCCN1C(=O)[C@@H](CC2(O)CCCCC2)NC(=O)C12CCN(Cc1ccc(OCc3ccc(Cl)cc3)c(OC)c1)CC2.Cl. The summed E-state index contributed by atoms with van der Waals surface area (Å²) in [6.45, 7) is 5.21. The number of halogens is 2. The van der Waals surface area contributed by atoms with Crippen LogP contribution in [0.3, 0.4) is 0 Å². The minimum Gasteiger partial charge on any atom is -0.493 e. The lowest BCUT2D eigenvalue weighted by atomic mass is 9.77. The third kappa shape index (κ3) is 7.82. The van der Waals surface area contributed by atoms with Gasteiger partial charge in [0.2, 0.25) is 11.8 Å². The predicted molar refractivity (Wildman–Crippen MR) is 174 cm³/mol. The molecule has 44 heavy (non-hydrogen) atoms. The van der Waals surface area contributed by atoms with Gasteiger partial charge < -0.3 is 24.8 Å². The Balaban J connectivity index is 0.00000442. The van der Waals surface area contributed by atoms with E-state index in [0.717, 1.165) is 43.2 Å². The number of amides is 2. The first kappa shape index (κ1) is 34.4. The van der Waals surface area contributed by atoms with Gasteiger partial charge in [-0.3, -0.25) is 14.5 Å². The third-order valence-corrected chi connectivity index (χ3v) is 9.79. The van der Waals surface area contributed by atoms with E-state index in [1.165, 1.54) is 0 Å². The molecule has 8 nitrogen and oxygen atoms in total. The molecule has 2 aromatic carbocycles. The van der Waals surface area contributed by atoms with E-state index in [2.05, 4.69) is 23.2 Å². The van der Waals surface area contributed by atoms with Crippen LogP contribution in [0.15, 0.2) is 42.5 Å². The molecular formula is C34H47Cl2N3O5. The fourth-order valence-corrected chi connectivity index (χ4v) is 7.08. The highest BCUT2D eigenvalue weighted by atomic mass is 35.5. The van der Waals surface area contributed by atoms with Crippen LogP contribution in [0.5, 0.6) is 11.5 Å². The second kappa shape index (κ2) is 15.2. The summed E-state index contributed by atoms with van der Waals surface area (Å²) in [5.41, 5.74) is 0.422. The Kier molecular flexibility index (Phi) is 11.8. The Morgan fingerprint density at radius 2 is 1.66 bits per heavy atom. The molecular weight excluding hydrogens is 601 g/mol. The van der Waals surface area contributed by atoms with Gasteiger partial charge >= 0.3 is 0 Å². The molecule has 5 rings (SSSR count). The standard InChI is InChI=1S/C34H46ClN3O5.ClH/c1-3-4-18-38-31(39)28(22-33(41)14-6-5-7-15-33)36-32(40)34(38)16-19-37(20-17-34)23-26-10-13-29(30(21-26)42-2)43-24-25-8-11-27(35)12-9-25;/h8-13,21,28,41H,3-7,14-20,22-24H2,1-2H3,(H,36,40);1H/t28-;/m1./s1. The molecule has 0 aromatic heterocycles. The number of nitrogens with one attached hydrogen (secondary N) is 1. The number of rotatable bonds is 11. The topological polar surface area (TPSA) is 91.3 Å². The Bertz CT molecular complexity index is 1260. The molecule has 3 aliphatic rings. The molecule has 2 saturated heterocycles. The molecule has 1 spiro atoms. The van der Waals surface area contributed by atoms with Crippen LogP contribution in [-0.4, -0.2) is 70.6 Å². The summed E-state index contributed by atoms with van der Waals surface area (Å²) in [7, 11) is 1.64. The third-order valence-electron chi connectivity index (χ3n) is 9.54. The normalized spacial score (nSPS) is 21.5. The van der Waals surface area contributed by atoms with Gasteiger partial charge in [0.25, 0.3) is 0 Å². The second-order valence-electron chi connectivity index (χ2n) is 12.6. The average Bonchev–Trinajstić information content (AvgIpc) is 3.01. The highest BCUT2D eigenvalue weighted by Gasteiger charge is 2.54. The molecule has 1 saturated carbocycles. The zero-order valence-electron chi connectivity index (χ0n) is 26.0. The number of ether oxygens (including phenoxy) is 2. The van der Waals surface area contributed by atoms with Crippen molar-refractivity contribution in [2.75, 3.05) is 26.7 Å². The van der Waals surface area contributed by atoms with E-state index in [0.29, 0.717) is 81.4 Å². The summed E-state index contributed by atoms with van der Waals surface area (Å²) in [4.78, 5) is 31.8. The minimum atomic E-state index is -0.867. The first-order valence-corrected chi connectivity index (χ1v) is 16.2. The Labute approximate surface area is 272 Å². The fourth-order valence-electron chi connectivity index (χ4n) is 6.96. The zero-order valence-corrected chi connectivity index (χ0v) is 27.6. The lowest BCUT2D eigenvalue weighted by Crippen LogP contribution is -2.73. The van der Waals surface area contributed by atoms with Crippen LogP contribution in [0.4, 0.5) is 0 Å². The Morgan fingerprint density at radius 3 is 2.32 bits per heavy atom. The second-order valence-corrected chi connectivity index (χ2v) is 13.0. The van der Waals surface area contributed by atoms with Crippen LogP contribution in [-0.2, 0) is 22.7 Å². The summed E-state index contributed by atoms with van der Waals surface area (Å²) in [6.07, 6.45) is 7.73. The van der Waals surface area contributed by atoms with Gasteiger partial charge in [-0.05, 0) is 67.5 Å². The maximum atomic E-state index is 13.9. The Morgan fingerprint density at radius 1 is 0.977 bits per heavy atom. The van der Waals surface area contributed by atoms with Crippen LogP contribution >= 0.6 is 24.0 Å². The summed E-state index contributed by atoms with van der Waals surface area (Å²) < 4.78 is 11.7. The summed E-state index contributed by atoms with van der Waals surface area (Å²) in [6, 6.07) is 12.9. The predicted octanol–water partition coefficient (Wildman–Crippen LogP) is 5.90. The molecule has 3 fully saturated rings. The molecule has 0 radical (unpaired) electrons. The average molecular weight is 649 g/mol. The lowest BCUT2D eigenvalue weighted by Gasteiger charge is -2.52. The zero-order chi connectivity index (χ0) is 30.5. The van der Waals surface area contributed by atoms with Crippen LogP contribution in [0.25, 0.3) is 0 Å². The number of unbranched alkanes of at least 4 members (excludes halogenated alkanes) is 1. The van der Waals surface area contributed by atoms with Crippen molar-refractivity contribution in [2.24, 2.45) is 0 Å². The van der Waals surface area contributed by atoms with Crippen molar-refractivity contribution in [2.45, 2.75) is 101 Å². The molecule has 0 bridgehead atoms. The number of carbonyl (C=O) groups excluding carboxylic acids is 2. The number of hydrogen-bond acceptors (Lipinski definition) is 6. The molecule has 10 heteroatoms. The number of methoxy groups -OCH3 is 1. The van der Waals surface area contributed by atoms with Crippen molar-refractivity contribution < 1.29 is 24.2 Å². The van der Waals surface area contributed by atoms with Crippen molar-refractivity contribution >= 4 is 35.8 Å². The van der Waals surface area contributed by atoms with E-state index < -0.39 is 17.2 Å². The molecule has 1 aliphatic carbocycles. The van der Waals surface area contributed by atoms with Crippen LogP contribution in [0.1, 0.15) is 82.3 Å². The smallest absolute Gasteiger partial charge is 0.246 e. The van der Waals surface area contributed by atoms with Crippen molar-refractivity contribution in [3.8, 4) is 11.5 Å². The van der Waals surface area contributed by atoms with Gasteiger partial charge in [0.15, 0.2) is 11.5 Å².